The highest BCUT2D eigenvalue weighted by molar-refractivity contribution is 7.17. The first-order valence-corrected chi connectivity index (χ1v) is 12.1. The van der Waals surface area contributed by atoms with Crippen LogP contribution in [0.2, 0.25) is 0 Å². The van der Waals surface area contributed by atoms with E-state index in [-0.39, 0.29) is 12.0 Å². The minimum absolute atomic E-state index is 0.0751. The number of thiophene rings is 1. The van der Waals surface area contributed by atoms with Crippen LogP contribution in [0.4, 0.5) is 5.69 Å². The van der Waals surface area contributed by atoms with Crippen molar-refractivity contribution >= 4 is 33.1 Å². The van der Waals surface area contributed by atoms with Gasteiger partial charge in [0.05, 0.1) is 18.7 Å². The Morgan fingerprint density at radius 1 is 0.853 bits per heavy atom. The molecule has 1 aromatic heterocycles. The number of esters is 1. The molecule has 0 aliphatic carbocycles. The van der Waals surface area contributed by atoms with Gasteiger partial charge in [-0.3, -0.25) is 0 Å². The molecular weight excluding hydrogens is 438 g/mol. The van der Waals surface area contributed by atoms with Crippen molar-refractivity contribution < 1.29 is 9.53 Å². The SMILES string of the molecule is COC(=O)c1ccc(NC(Cc2ccccc2)c2csc3ccc(-c4ccccc4)cc23)cc1. The molecule has 168 valence electrons. The van der Waals surface area contributed by atoms with Crippen molar-refractivity contribution in [1.29, 1.82) is 0 Å². The summed E-state index contributed by atoms with van der Waals surface area (Å²) in [7, 11) is 1.40. The molecule has 34 heavy (non-hydrogen) atoms. The van der Waals surface area contributed by atoms with E-state index in [9.17, 15) is 4.79 Å². The average molecular weight is 464 g/mol. The van der Waals surface area contributed by atoms with Crippen molar-refractivity contribution in [1.82, 2.24) is 0 Å². The molecule has 0 aliphatic rings. The number of hydrogen-bond acceptors (Lipinski definition) is 4. The van der Waals surface area contributed by atoms with E-state index in [4.69, 9.17) is 4.74 Å². The maximum absolute atomic E-state index is 11.8. The normalized spacial score (nSPS) is 11.8. The predicted molar refractivity (Wildman–Crippen MR) is 142 cm³/mol. The van der Waals surface area contributed by atoms with Gasteiger partial charge in [0.2, 0.25) is 0 Å². The van der Waals surface area contributed by atoms with Gasteiger partial charge in [0.15, 0.2) is 0 Å². The van der Waals surface area contributed by atoms with Crippen LogP contribution in [-0.4, -0.2) is 13.1 Å². The van der Waals surface area contributed by atoms with E-state index in [1.165, 1.54) is 39.4 Å². The van der Waals surface area contributed by atoms with Gasteiger partial charge in [0.25, 0.3) is 0 Å². The van der Waals surface area contributed by atoms with E-state index < -0.39 is 0 Å². The van der Waals surface area contributed by atoms with Gasteiger partial charge in [-0.2, -0.15) is 0 Å². The Kier molecular flexibility index (Phi) is 6.41. The number of anilines is 1. The molecule has 1 N–H and O–H groups in total. The summed E-state index contributed by atoms with van der Waals surface area (Å²) in [5, 5.41) is 7.26. The highest BCUT2D eigenvalue weighted by Crippen LogP contribution is 2.36. The van der Waals surface area contributed by atoms with Crippen molar-refractivity contribution in [2.45, 2.75) is 12.5 Å². The summed E-state index contributed by atoms with van der Waals surface area (Å²) in [4.78, 5) is 11.8. The molecule has 0 saturated heterocycles. The lowest BCUT2D eigenvalue weighted by molar-refractivity contribution is 0.0601. The topological polar surface area (TPSA) is 38.3 Å². The summed E-state index contributed by atoms with van der Waals surface area (Å²) in [6.45, 7) is 0. The zero-order valence-electron chi connectivity index (χ0n) is 18.9. The summed E-state index contributed by atoms with van der Waals surface area (Å²) >= 11 is 1.78. The van der Waals surface area contributed by atoms with Crippen molar-refractivity contribution in [2.24, 2.45) is 0 Å². The number of hydrogen-bond donors (Lipinski definition) is 1. The van der Waals surface area contributed by atoms with Gasteiger partial charge in [0.1, 0.15) is 0 Å². The third-order valence-corrected chi connectivity index (χ3v) is 7.00. The lowest BCUT2D eigenvalue weighted by Crippen LogP contribution is -2.13. The van der Waals surface area contributed by atoms with Crippen molar-refractivity contribution in [3.8, 4) is 11.1 Å². The fourth-order valence-corrected chi connectivity index (χ4v) is 5.23. The van der Waals surface area contributed by atoms with Crippen LogP contribution in [0.3, 0.4) is 0 Å². The number of carbonyl (C=O) groups excluding carboxylic acids is 1. The van der Waals surface area contributed by atoms with Crippen LogP contribution in [0.15, 0.2) is 109 Å². The Labute approximate surface area is 203 Å². The van der Waals surface area contributed by atoms with Gasteiger partial charge in [0, 0.05) is 10.4 Å². The molecule has 0 spiro atoms. The molecule has 5 rings (SSSR count). The second-order valence-corrected chi connectivity index (χ2v) is 9.13. The molecule has 0 radical (unpaired) electrons. The van der Waals surface area contributed by atoms with Gasteiger partial charge >= 0.3 is 5.97 Å². The third-order valence-electron chi connectivity index (χ3n) is 6.02. The molecular formula is C30H25NO2S. The smallest absolute Gasteiger partial charge is 0.337 e. The maximum Gasteiger partial charge on any atom is 0.337 e. The lowest BCUT2D eigenvalue weighted by atomic mass is 9.96. The zero-order valence-corrected chi connectivity index (χ0v) is 19.7. The Bertz CT molecular complexity index is 1390. The molecule has 0 aliphatic heterocycles. The van der Waals surface area contributed by atoms with E-state index in [2.05, 4.69) is 77.4 Å². The van der Waals surface area contributed by atoms with Crippen LogP contribution >= 0.6 is 11.3 Å². The fourth-order valence-electron chi connectivity index (χ4n) is 4.24. The van der Waals surface area contributed by atoms with E-state index in [1.54, 1.807) is 23.5 Å². The first-order chi connectivity index (χ1) is 16.7. The van der Waals surface area contributed by atoms with Crippen molar-refractivity contribution in [3.05, 3.63) is 125 Å². The third kappa shape index (κ3) is 4.73. The van der Waals surface area contributed by atoms with Crippen molar-refractivity contribution in [2.75, 3.05) is 12.4 Å². The molecule has 0 bridgehead atoms. The standard InChI is InChI=1S/C30H25NO2S/c1-33-30(32)23-12-15-25(16-13-23)31-28(18-21-8-4-2-5-9-21)27-20-34-29-17-14-24(19-26(27)29)22-10-6-3-7-11-22/h2-17,19-20,28,31H,18H2,1H3. The highest BCUT2D eigenvalue weighted by atomic mass is 32.1. The number of methoxy groups -OCH3 is 1. The summed E-state index contributed by atoms with van der Waals surface area (Å²) in [5.41, 5.74) is 6.48. The number of carbonyl (C=O) groups is 1. The van der Waals surface area contributed by atoms with E-state index >= 15 is 0 Å². The number of ether oxygens (including phenoxy) is 1. The van der Waals surface area contributed by atoms with Gasteiger partial charge in [-0.25, -0.2) is 4.79 Å². The summed E-state index contributed by atoms with van der Waals surface area (Å²) in [6, 6.07) is 35.3. The van der Waals surface area contributed by atoms with Gasteiger partial charge in [-0.1, -0.05) is 66.7 Å². The number of rotatable bonds is 7. The van der Waals surface area contributed by atoms with E-state index in [1.807, 2.05) is 24.3 Å². The average Bonchev–Trinajstić information content (AvgIpc) is 3.33. The van der Waals surface area contributed by atoms with Crippen LogP contribution in [0.5, 0.6) is 0 Å². The van der Waals surface area contributed by atoms with E-state index in [0.29, 0.717) is 5.56 Å². The van der Waals surface area contributed by atoms with Crippen LogP contribution in [0.25, 0.3) is 21.2 Å². The number of benzene rings is 4. The largest absolute Gasteiger partial charge is 0.465 e. The van der Waals surface area contributed by atoms with Crippen LogP contribution in [0.1, 0.15) is 27.5 Å². The molecule has 3 nitrogen and oxygen atoms in total. The second kappa shape index (κ2) is 9.94. The Morgan fingerprint density at radius 3 is 2.26 bits per heavy atom. The summed E-state index contributed by atoms with van der Waals surface area (Å²) < 4.78 is 6.11. The monoisotopic (exact) mass is 463 g/mol. The predicted octanol–water partition coefficient (Wildman–Crippen LogP) is 7.75. The zero-order chi connectivity index (χ0) is 23.3. The first-order valence-electron chi connectivity index (χ1n) is 11.3. The van der Waals surface area contributed by atoms with Crippen molar-refractivity contribution in [3.63, 3.8) is 0 Å². The summed E-state index contributed by atoms with van der Waals surface area (Å²) in [6.07, 6.45) is 0.848. The summed E-state index contributed by atoms with van der Waals surface area (Å²) in [5.74, 6) is -0.329. The van der Waals surface area contributed by atoms with Gasteiger partial charge in [-0.05, 0) is 75.8 Å². The Balaban J connectivity index is 1.52. The fraction of sp³-hybridized carbons (Fsp3) is 0.100. The minimum Gasteiger partial charge on any atom is -0.465 e. The molecule has 0 amide bonds. The number of fused-ring (bicyclic) bond motifs is 1. The molecule has 1 unspecified atom stereocenters. The van der Waals surface area contributed by atoms with Crippen LogP contribution < -0.4 is 5.32 Å². The maximum atomic E-state index is 11.8. The molecule has 0 saturated carbocycles. The number of nitrogens with one attached hydrogen (secondary N) is 1. The molecule has 4 aromatic carbocycles. The lowest BCUT2D eigenvalue weighted by Gasteiger charge is -2.21. The first kappa shape index (κ1) is 21.9. The van der Waals surface area contributed by atoms with Gasteiger partial charge < -0.3 is 10.1 Å². The molecule has 1 atom stereocenters. The minimum atomic E-state index is -0.329. The molecule has 0 fully saturated rings. The Hall–Kier alpha value is -3.89. The van der Waals surface area contributed by atoms with E-state index in [0.717, 1.165) is 12.1 Å². The van der Waals surface area contributed by atoms with Crippen LogP contribution in [0, 0.1) is 0 Å². The quantitative estimate of drug-likeness (QED) is 0.251. The molecule has 1 heterocycles. The van der Waals surface area contributed by atoms with Gasteiger partial charge in [-0.15, -0.1) is 11.3 Å². The molecule has 4 heteroatoms. The molecule has 5 aromatic rings. The van der Waals surface area contributed by atoms with Crippen LogP contribution in [-0.2, 0) is 11.2 Å². The highest BCUT2D eigenvalue weighted by Gasteiger charge is 2.18. The second-order valence-electron chi connectivity index (χ2n) is 8.22. The Morgan fingerprint density at radius 2 is 1.56 bits per heavy atom.